The number of hydrogen-bond acceptors (Lipinski definition) is 3. The molecule has 0 amide bonds. The summed E-state index contributed by atoms with van der Waals surface area (Å²) in [6.07, 6.45) is 3.81. The Morgan fingerprint density at radius 2 is 1.96 bits per heavy atom. The van der Waals surface area contributed by atoms with E-state index >= 15 is 0 Å². The quantitative estimate of drug-likeness (QED) is 0.406. The van der Waals surface area contributed by atoms with Crippen LogP contribution in [0.25, 0.3) is 0 Å². The minimum absolute atomic E-state index is 0. The third-order valence-electron chi connectivity index (χ3n) is 5.06. The molecule has 1 N–H and O–H groups in total. The topological polar surface area (TPSA) is 40.1 Å². The number of methoxy groups -OCH3 is 1. The van der Waals surface area contributed by atoms with E-state index in [1.807, 2.05) is 7.05 Å². The second-order valence-electron chi connectivity index (χ2n) is 7.54. The SMILES string of the molecule is CN=C(NCC1CCN(CCOC)CC1)N1CCC(C)(C)C1.I. The lowest BCUT2D eigenvalue weighted by Crippen LogP contribution is -2.44. The van der Waals surface area contributed by atoms with Crippen molar-refractivity contribution in [3.8, 4) is 0 Å². The molecule has 0 unspecified atom stereocenters. The van der Waals surface area contributed by atoms with Gasteiger partial charge in [-0.15, -0.1) is 24.0 Å². The summed E-state index contributed by atoms with van der Waals surface area (Å²) in [7, 11) is 3.68. The third kappa shape index (κ3) is 6.74. The normalized spacial score (nSPS) is 23.0. The fourth-order valence-electron chi connectivity index (χ4n) is 3.50. The van der Waals surface area contributed by atoms with Crippen LogP contribution < -0.4 is 5.32 Å². The van der Waals surface area contributed by atoms with Gasteiger partial charge in [0.1, 0.15) is 0 Å². The zero-order valence-corrected chi connectivity index (χ0v) is 17.6. The Morgan fingerprint density at radius 1 is 1.26 bits per heavy atom. The number of ether oxygens (including phenoxy) is 1. The molecule has 2 aliphatic heterocycles. The summed E-state index contributed by atoms with van der Waals surface area (Å²) in [4.78, 5) is 9.40. The van der Waals surface area contributed by atoms with Crippen molar-refractivity contribution in [2.24, 2.45) is 16.3 Å². The molecule has 0 aromatic rings. The average Bonchev–Trinajstić information content (AvgIpc) is 2.87. The average molecular weight is 438 g/mol. The fourth-order valence-corrected chi connectivity index (χ4v) is 3.50. The maximum Gasteiger partial charge on any atom is 0.193 e. The Kier molecular flexibility index (Phi) is 9.15. The first-order chi connectivity index (χ1) is 10.5. The number of aliphatic imine (C=N–C) groups is 1. The first-order valence-electron chi connectivity index (χ1n) is 8.71. The van der Waals surface area contributed by atoms with Crippen molar-refractivity contribution in [3.63, 3.8) is 0 Å². The van der Waals surface area contributed by atoms with Gasteiger partial charge >= 0.3 is 0 Å². The van der Waals surface area contributed by atoms with E-state index < -0.39 is 0 Å². The van der Waals surface area contributed by atoms with Crippen LogP contribution in [0.4, 0.5) is 0 Å². The number of nitrogens with zero attached hydrogens (tertiary/aromatic N) is 3. The van der Waals surface area contributed by atoms with E-state index in [9.17, 15) is 0 Å². The molecule has 0 atom stereocenters. The molecule has 136 valence electrons. The summed E-state index contributed by atoms with van der Waals surface area (Å²) in [6, 6.07) is 0. The maximum absolute atomic E-state index is 5.16. The lowest BCUT2D eigenvalue weighted by molar-refractivity contribution is 0.120. The van der Waals surface area contributed by atoms with Crippen LogP contribution >= 0.6 is 24.0 Å². The van der Waals surface area contributed by atoms with Gasteiger partial charge in [-0.05, 0) is 43.7 Å². The van der Waals surface area contributed by atoms with Gasteiger partial charge in [-0.1, -0.05) is 13.8 Å². The molecule has 2 saturated heterocycles. The molecular formula is C17H35IN4O. The zero-order valence-electron chi connectivity index (χ0n) is 15.3. The van der Waals surface area contributed by atoms with Crippen molar-refractivity contribution in [2.45, 2.75) is 33.1 Å². The van der Waals surface area contributed by atoms with Crippen molar-refractivity contribution in [3.05, 3.63) is 0 Å². The van der Waals surface area contributed by atoms with E-state index in [1.54, 1.807) is 7.11 Å². The Bertz CT molecular complexity index is 368. The minimum atomic E-state index is 0. The monoisotopic (exact) mass is 438 g/mol. The Morgan fingerprint density at radius 3 is 2.48 bits per heavy atom. The number of guanidine groups is 1. The highest BCUT2D eigenvalue weighted by molar-refractivity contribution is 14.0. The van der Waals surface area contributed by atoms with Gasteiger partial charge in [0.05, 0.1) is 6.61 Å². The highest BCUT2D eigenvalue weighted by atomic mass is 127. The number of nitrogens with one attached hydrogen (secondary N) is 1. The molecule has 0 bridgehead atoms. The predicted octanol–water partition coefficient (Wildman–Crippen LogP) is 2.27. The second-order valence-corrected chi connectivity index (χ2v) is 7.54. The molecule has 2 fully saturated rings. The summed E-state index contributed by atoms with van der Waals surface area (Å²) in [5.74, 6) is 1.86. The first-order valence-corrected chi connectivity index (χ1v) is 8.71. The van der Waals surface area contributed by atoms with E-state index in [4.69, 9.17) is 4.74 Å². The van der Waals surface area contributed by atoms with Gasteiger partial charge in [-0.25, -0.2) is 0 Å². The number of hydrogen-bond donors (Lipinski definition) is 1. The highest BCUT2D eigenvalue weighted by Crippen LogP contribution is 2.28. The summed E-state index contributed by atoms with van der Waals surface area (Å²) >= 11 is 0. The van der Waals surface area contributed by atoms with E-state index in [-0.39, 0.29) is 24.0 Å². The highest BCUT2D eigenvalue weighted by Gasteiger charge is 2.31. The molecule has 23 heavy (non-hydrogen) atoms. The van der Waals surface area contributed by atoms with Crippen LogP contribution in [0, 0.1) is 11.3 Å². The Balaban J connectivity index is 0.00000264. The number of halogens is 1. The van der Waals surface area contributed by atoms with Crippen LogP contribution in [0.15, 0.2) is 4.99 Å². The molecule has 0 aromatic carbocycles. The van der Waals surface area contributed by atoms with Crippen molar-refractivity contribution < 1.29 is 4.74 Å². The molecule has 0 spiro atoms. The summed E-state index contributed by atoms with van der Waals surface area (Å²) in [6.45, 7) is 12.3. The van der Waals surface area contributed by atoms with Crippen LogP contribution in [0.2, 0.25) is 0 Å². The van der Waals surface area contributed by atoms with Crippen molar-refractivity contribution >= 4 is 29.9 Å². The fraction of sp³-hybridized carbons (Fsp3) is 0.941. The molecular weight excluding hydrogens is 403 g/mol. The second kappa shape index (κ2) is 10.0. The van der Waals surface area contributed by atoms with Crippen LogP contribution in [0.3, 0.4) is 0 Å². The van der Waals surface area contributed by atoms with Gasteiger partial charge in [0.25, 0.3) is 0 Å². The van der Waals surface area contributed by atoms with Crippen molar-refractivity contribution in [2.75, 3.05) is 60.0 Å². The number of piperidine rings is 1. The molecule has 2 aliphatic rings. The van der Waals surface area contributed by atoms with Gasteiger partial charge < -0.3 is 19.9 Å². The molecule has 0 saturated carbocycles. The number of rotatable bonds is 5. The number of likely N-dealkylation sites (tertiary alicyclic amines) is 2. The van der Waals surface area contributed by atoms with Gasteiger partial charge in [-0.3, -0.25) is 4.99 Å². The minimum Gasteiger partial charge on any atom is -0.383 e. The molecule has 6 heteroatoms. The Hall–Kier alpha value is -0.0800. The van der Waals surface area contributed by atoms with Gasteiger partial charge in [0, 0.05) is 40.3 Å². The summed E-state index contributed by atoms with van der Waals surface area (Å²) in [5.41, 5.74) is 0.421. The van der Waals surface area contributed by atoms with Gasteiger partial charge in [-0.2, -0.15) is 0 Å². The Labute approximate surface area is 159 Å². The summed E-state index contributed by atoms with van der Waals surface area (Å²) < 4.78 is 5.16. The van der Waals surface area contributed by atoms with Gasteiger partial charge in [0.2, 0.25) is 0 Å². The van der Waals surface area contributed by atoms with E-state index in [1.165, 1.54) is 32.4 Å². The van der Waals surface area contributed by atoms with E-state index in [0.29, 0.717) is 5.41 Å². The largest absolute Gasteiger partial charge is 0.383 e. The summed E-state index contributed by atoms with van der Waals surface area (Å²) in [5, 5.41) is 3.61. The van der Waals surface area contributed by atoms with Gasteiger partial charge in [0.15, 0.2) is 5.96 Å². The van der Waals surface area contributed by atoms with Crippen LogP contribution in [0.5, 0.6) is 0 Å². The van der Waals surface area contributed by atoms with E-state index in [2.05, 4.69) is 34.0 Å². The first kappa shape index (κ1) is 21.0. The van der Waals surface area contributed by atoms with Crippen LogP contribution in [-0.2, 0) is 4.74 Å². The van der Waals surface area contributed by atoms with Crippen molar-refractivity contribution in [1.29, 1.82) is 0 Å². The molecule has 2 rings (SSSR count). The third-order valence-corrected chi connectivity index (χ3v) is 5.06. The lowest BCUT2D eigenvalue weighted by atomic mass is 9.93. The zero-order chi connectivity index (χ0) is 16.0. The van der Waals surface area contributed by atoms with E-state index in [0.717, 1.165) is 44.7 Å². The smallest absolute Gasteiger partial charge is 0.193 e. The molecule has 0 aliphatic carbocycles. The standard InChI is InChI=1S/C17H34N4O.HI/c1-17(2)7-10-21(14-17)16(18-3)19-13-15-5-8-20(9-6-15)11-12-22-4;/h15H,5-14H2,1-4H3,(H,18,19);1H. The lowest BCUT2D eigenvalue weighted by Gasteiger charge is -2.32. The van der Waals surface area contributed by atoms with Crippen LogP contribution in [0.1, 0.15) is 33.1 Å². The molecule has 0 radical (unpaired) electrons. The van der Waals surface area contributed by atoms with Crippen LogP contribution in [-0.4, -0.2) is 75.8 Å². The molecule has 2 heterocycles. The molecule has 5 nitrogen and oxygen atoms in total. The van der Waals surface area contributed by atoms with Crippen molar-refractivity contribution in [1.82, 2.24) is 15.1 Å². The molecule has 0 aromatic heterocycles. The maximum atomic E-state index is 5.16. The predicted molar refractivity (Wildman–Crippen MR) is 108 cm³/mol.